The highest BCUT2D eigenvalue weighted by Gasteiger charge is 2.32. The van der Waals surface area contributed by atoms with E-state index in [1.807, 2.05) is 0 Å². The summed E-state index contributed by atoms with van der Waals surface area (Å²) in [5.41, 5.74) is 4.55. The fourth-order valence-electron chi connectivity index (χ4n) is 2.10. The summed E-state index contributed by atoms with van der Waals surface area (Å²) in [7, 11) is 0. The molecule has 18 heavy (non-hydrogen) atoms. The van der Waals surface area contributed by atoms with Gasteiger partial charge in [0, 0.05) is 13.1 Å². The fourth-order valence-corrected chi connectivity index (χ4v) is 2.10. The predicted molar refractivity (Wildman–Crippen MR) is 55.6 cm³/mol. The highest BCUT2D eigenvalue weighted by atomic mass is 19.2. The smallest absolute Gasteiger partial charge is 0.200 e. The molecule has 1 aromatic rings. The van der Waals surface area contributed by atoms with Gasteiger partial charge < -0.3 is 10.6 Å². The normalized spacial score (nSPS) is 19.7. The number of benzene rings is 1. The van der Waals surface area contributed by atoms with E-state index in [2.05, 4.69) is 0 Å². The lowest BCUT2D eigenvalue weighted by Crippen LogP contribution is -2.25. The maximum Gasteiger partial charge on any atom is 0.200 e. The van der Waals surface area contributed by atoms with Crippen molar-refractivity contribution in [2.24, 2.45) is 11.7 Å². The Labute approximate surface area is 100 Å². The summed E-state index contributed by atoms with van der Waals surface area (Å²) in [6.07, 6.45) is 0.565. The predicted octanol–water partition coefficient (Wildman–Crippen LogP) is 2.17. The molecular weight excluding hydrogens is 255 g/mol. The number of hydrogen-bond donors (Lipinski definition) is 1. The van der Waals surface area contributed by atoms with Crippen molar-refractivity contribution in [1.82, 2.24) is 0 Å². The quantitative estimate of drug-likeness (QED) is 0.505. The molecule has 1 atom stereocenters. The zero-order valence-corrected chi connectivity index (χ0v) is 9.32. The van der Waals surface area contributed by atoms with Crippen molar-refractivity contribution in [3.05, 3.63) is 29.1 Å². The summed E-state index contributed by atoms with van der Waals surface area (Å²) in [6, 6.07) is 0. The highest BCUT2D eigenvalue weighted by molar-refractivity contribution is 5.51. The molecule has 2 rings (SSSR count). The average molecular weight is 266 g/mol. The van der Waals surface area contributed by atoms with E-state index in [1.54, 1.807) is 0 Å². The molecule has 0 radical (unpaired) electrons. The minimum Gasteiger partial charge on any atom is -0.366 e. The van der Waals surface area contributed by atoms with Gasteiger partial charge in [-0.15, -0.1) is 0 Å². The lowest BCUT2D eigenvalue weighted by molar-refractivity contribution is 0.378. The van der Waals surface area contributed by atoms with Gasteiger partial charge in [0.1, 0.15) is 5.69 Å². The second-order valence-corrected chi connectivity index (χ2v) is 4.25. The molecule has 1 saturated heterocycles. The van der Waals surface area contributed by atoms with Crippen LogP contribution in [0.3, 0.4) is 0 Å². The van der Waals surface area contributed by atoms with Crippen LogP contribution in [0.25, 0.3) is 0 Å². The van der Waals surface area contributed by atoms with Crippen molar-refractivity contribution in [1.29, 1.82) is 0 Å². The van der Waals surface area contributed by atoms with Gasteiger partial charge in [-0.2, -0.15) is 0 Å². The Kier molecular flexibility index (Phi) is 3.43. The molecular formula is C11H11F5N2. The molecule has 0 saturated carbocycles. The number of halogens is 5. The Bertz CT molecular complexity index is 448. The van der Waals surface area contributed by atoms with Gasteiger partial charge in [0.05, 0.1) is 0 Å². The SMILES string of the molecule is NCC1CCN(c2c(F)c(F)c(F)c(F)c2F)C1. The molecule has 1 aromatic carbocycles. The molecule has 2 nitrogen and oxygen atoms in total. The Balaban J connectivity index is 2.46. The lowest BCUT2D eigenvalue weighted by atomic mass is 10.1. The van der Waals surface area contributed by atoms with Crippen LogP contribution in [0.4, 0.5) is 27.6 Å². The van der Waals surface area contributed by atoms with Crippen molar-refractivity contribution >= 4 is 5.69 Å². The second-order valence-electron chi connectivity index (χ2n) is 4.25. The molecule has 0 spiro atoms. The number of hydrogen-bond acceptors (Lipinski definition) is 2. The van der Waals surface area contributed by atoms with E-state index in [9.17, 15) is 22.0 Å². The van der Waals surface area contributed by atoms with E-state index in [0.717, 1.165) is 4.90 Å². The van der Waals surface area contributed by atoms with Crippen LogP contribution in [0.2, 0.25) is 0 Å². The van der Waals surface area contributed by atoms with Gasteiger partial charge in [-0.25, -0.2) is 22.0 Å². The third kappa shape index (κ3) is 1.92. The maximum atomic E-state index is 13.5. The van der Waals surface area contributed by atoms with Gasteiger partial charge in [0.15, 0.2) is 23.3 Å². The van der Waals surface area contributed by atoms with E-state index >= 15 is 0 Å². The van der Waals surface area contributed by atoms with Gasteiger partial charge in [-0.05, 0) is 18.9 Å². The number of anilines is 1. The number of nitrogens with two attached hydrogens (primary N) is 1. The van der Waals surface area contributed by atoms with Crippen LogP contribution in [0.5, 0.6) is 0 Å². The van der Waals surface area contributed by atoms with Gasteiger partial charge >= 0.3 is 0 Å². The molecule has 0 aliphatic carbocycles. The Morgan fingerprint density at radius 2 is 1.44 bits per heavy atom. The summed E-state index contributed by atoms with van der Waals surface area (Å²) < 4.78 is 65.9. The molecule has 0 aromatic heterocycles. The minimum atomic E-state index is -2.14. The number of rotatable bonds is 2. The van der Waals surface area contributed by atoms with Gasteiger partial charge in [0.2, 0.25) is 5.82 Å². The Morgan fingerprint density at radius 3 is 1.89 bits per heavy atom. The van der Waals surface area contributed by atoms with Crippen molar-refractivity contribution in [3.8, 4) is 0 Å². The van der Waals surface area contributed by atoms with Crippen LogP contribution in [0.1, 0.15) is 6.42 Å². The largest absolute Gasteiger partial charge is 0.366 e. The molecule has 1 unspecified atom stereocenters. The lowest BCUT2D eigenvalue weighted by Gasteiger charge is -2.20. The first-order chi connectivity index (χ1) is 8.47. The second kappa shape index (κ2) is 4.72. The Morgan fingerprint density at radius 1 is 0.944 bits per heavy atom. The average Bonchev–Trinajstić information content (AvgIpc) is 2.83. The summed E-state index contributed by atoms with van der Waals surface area (Å²) in [5, 5.41) is 0. The molecule has 0 bridgehead atoms. The van der Waals surface area contributed by atoms with Crippen LogP contribution < -0.4 is 10.6 Å². The van der Waals surface area contributed by atoms with E-state index in [-0.39, 0.29) is 19.0 Å². The first kappa shape index (κ1) is 13.1. The summed E-state index contributed by atoms with van der Waals surface area (Å²) in [6.45, 7) is 0.723. The van der Waals surface area contributed by atoms with Crippen LogP contribution in [-0.2, 0) is 0 Å². The van der Waals surface area contributed by atoms with E-state index < -0.39 is 34.8 Å². The Hall–Kier alpha value is -1.37. The highest BCUT2D eigenvalue weighted by Crippen LogP contribution is 2.33. The molecule has 1 fully saturated rings. The monoisotopic (exact) mass is 266 g/mol. The first-order valence-electron chi connectivity index (χ1n) is 5.43. The summed E-state index contributed by atoms with van der Waals surface area (Å²) >= 11 is 0. The van der Waals surface area contributed by atoms with Gasteiger partial charge in [-0.1, -0.05) is 0 Å². The number of nitrogens with zero attached hydrogens (tertiary/aromatic N) is 1. The fraction of sp³-hybridized carbons (Fsp3) is 0.455. The first-order valence-corrected chi connectivity index (χ1v) is 5.43. The van der Waals surface area contributed by atoms with Crippen molar-refractivity contribution in [2.75, 3.05) is 24.5 Å². The molecule has 1 aliphatic rings. The summed E-state index contributed by atoms with van der Waals surface area (Å²) in [4.78, 5) is 1.15. The van der Waals surface area contributed by atoms with E-state index in [1.165, 1.54) is 0 Å². The topological polar surface area (TPSA) is 29.3 Å². The third-order valence-electron chi connectivity index (χ3n) is 3.12. The molecule has 1 heterocycles. The van der Waals surface area contributed by atoms with E-state index in [4.69, 9.17) is 5.73 Å². The van der Waals surface area contributed by atoms with E-state index in [0.29, 0.717) is 13.0 Å². The van der Waals surface area contributed by atoms with Crippen molar-refractivity contribution in [3.63, 3.8) is 0 Å². The van der Waals surface area contributed by atoms with Crippen molar-refractivity contribution < 1.29 is 22.0 Å². The van der Waals surface area contributed by atoms with Crippen LogP contribution in [0, 0.1) is 35.0 Å². The molecule has 2 N–H and O–H groups in total. The summed E-state index contributed by atoms with van der Waals surface area (Å²) in [5.74, 6) is -9.54. The van der Waals surface area contributed by atoms with Crippen molar-refractivity contribution in [2.45, 2.75) is 6.42 Å². The van der Waals surface area contributed by atoms with Crippen LogP contribution >= 0.6 is 0 Å². The third-order valence-corrected chi connectivity index (χ3v) is 3.12. The van der Waals surface area contributed by atoms with Crippen LogP contribution in [0.15, 0.2) is 0 Å². The zero-order valence-electron chi connectivity index (χ0n) is 9.32. The maximum absolute atomic E-state index is 13.5. The van der Waals surface area contributed by atoms with Gasteiger partial charge in [0.25, 0.3) is 0 Å². The standard InChI is InChI=1S/C11H11F5N2/c12-6-7(13)9(15)11(10(16)8(6)14)18-2-1-5(3-17)4-18/h5H,1-4,17H2. The minimum absolute atomic E-state index is 0.0000227. The zero-order chi connectivity index (χ0) is 13.4. The van der Waals surface area contributed by atoms with Gasteiger partial charge in [-0.3, -0.25) is 0 Å². The molecule has 100 valence electrons. The molecule has 7 heteroatoms. The molecule has 0 amide bonds. The van der Waals surface area contributed by atoms with Crippen LogP contribution in [-0.4, -0.2) is 19.6 Å². The molecule has 1 aliphatic heterocycles.